The Kier molecular flexibility index (Phi) is 6.10. The van der Waals surface area contributed by atoms with E-state index in [-0.39, 0.29) is 56.5 Å². The largest absolute Gasteiger partial charge is 0.443 e. The first kappa shape index (κ1) is 21.8. The van der Waals surface area contributed by atoms with Gasteiger partial charge in [0.15, 0.2) is 17.5 Å². The number of benzene rings is 1. The number of carbonyl (C=O) groups excluding carboxylic acids is 2. The summed E-state index contributed by atoms with van der Waals surface area (Å²) >= 11 is 0. The van der Waals surface area contributed by atoms with Gasteiger partial charge in [0, 0.05) is 37.8 Å². The van der Waals surface area contributed by atoms with Crippen molar-refractivity contribution in [3.8, 4) is 0 Å². The highest BCUT2D eigenvalue weighted by Crippen LogP contribution is 2.31. The smallest absolute Gasteiger partial charge is 0.414 e. The SMILES string of the molecule is Cc1cc(NC(=O)N2CCN(c3c(F)cc(N4C[C@H](CN)OC4=O)cc3F)CCO2)no1. The van der Waals surface area contributed by atoms with Crippen molar-refractivity contribution in [1.82, 2.24) is 10.2 Å². The molecule has 0 saturated carbocycles. The molecule has 3 heterocycles. The van der Waals surface area contributed by atoms with Crippen LogP contribution in [0, 0.1) is 18.6 Å². The van der Waals surface area contributed by atoms with Crippen LogP contribution in [0.4, 0.5) is 35.6 Å². The number of nitrogens with two attached hydrogens (primary N) is 1. The predicted octanol–water partition coefficient (Wildman–Crippen LogP) is 1.83. The quantitative estimate of drug-likeness (QED) is 0.720. The van der Waals surface area contributed by atoms with E-state index in [1.165, 1.54) is 4.90 Å². The fourth-order valence-electron chi connectivity index (χ4n) is 3.50. The number of hydroxylamine groups is 2. The lowest BCUT2D eigenvalue weighted by Crippen LogP contribution is -2.37. The highest BCUT2D eigenvalue weighted by Gasteiger charge is 2.33. The van der Waals surface area contributed by atoms with Gasteiger partial charge < -0.3 is 19.9 Å². The van der Waals surface area contributed by atoms with Gasteiger partial charge in [-0.1, -0.05) is 5.16 Å². The standard InChI is InChI=1S/C19H22F2N6O5/c1-11-6-16(24-32-11)23-18(28)27-3-2-25(4-5-30-27)17-14(20)7-12(8-15(17)21)26-10-13(9-22)31-19(26)29/h6-8,13H,2-5,9-10,22H2,1H3,(H,23,24,28)/t13-/m0/s1. The molecule has 2 aliphatic rings. The van der Waals surface area contributed by atoms with Crippen LogP contribution in [0.25, 0.3) is 0 Å². The summed E-state index contributed by atoms with van der Waals surface area (Å²) in [6.45, 7) is 2.21. The zero-order chi connectivity index (χ0) is 22.8. The molecule has 1 aromatic carbocycles. The third-order valence-corrected chi connectivity index (χ3v) is 5.04. The van der Waals surface area contributed by atoms with Gasteiger partial charge >= 0.3 is 12.1 Å². The van der Waals surface area contributed by atoms with E-state index in [9.17, 15) is 18.4 Å². The maximum atomic E-state index is 14.9. The van der Waals surface area contributed by atoms with Crippen molar-refractivity contribution in [2.24, 2.45) is 5.73 Å². The molecule has 172 valence electrons. The normalized spacial score (nSPS) is 19.2. The van der Waals surface area contributed by atoms with Gasteiger partial charge in [-0.05, 0) is 6.92 Å². The Morgan fingerprint density at radius 1 is 1.25 bits per heavy atom. The summed E-state index contributed by atoms with van der Waals surface area (Å²) in [5, 5.41) is 7.25. The van der Waals surface area contributed by atoms with Crippen LogP contribution in [-0.4, -0.2) is 67.8 Å². The molecule has 4 rings (SSSR count). The highest BCUT2D eigenvalue weighted by atomic mass is 19.1. The number of urea groups is 1. The first-order chi connectivity index (χ1) is 15.4. The van der Waals surface area contributed by atoms with Crippen molar-refractivity contribution >= 4 is 29.3 Å². The van der Waals surface area contributed by atoms with Gasteiger partial charge in [0.05, 0.1) is 25.4 Å². The van der Waals surface area contributed by atoms with E-state index >= 15 is 0 Å². The van der Waals surface area contributed by atoms with E-state index in [4.69, 9.17) is 19.8 Å². The summed E-state index contributed by atoms with van der Waals surface area (Å²) in [7, 11) is 0. The molecular weight excluding hydrogens is 430 g/mol. The van der Waals surface area contributed by atoms with Crippen molar-refractivity contribution in [3.63, 3.8) is 0 Å². The zero-order valence-electron chi connectivity index (χ0n) is 17.2. The zero-order valence-corrected chi connectivity index (χ0v) is 17.2. The lowest BCUT2D eigenvalue weighted by Gasteiger charge is -2.24. The number of aryl methyl sites for hydroxylation is 1. The Balaban J connectivity index is 1.45. The second-order valence-corrected chi connectivity index (χ2v) is 7.29. The van der Waals surface area contributed by atoms with Crippen molar-refractivity contribution in [3.05, 3.63) is 35.6 Å². The van der Waals surface area contributed by atoms with Crippen molar-refractivity contribution in [2.75, 3.05) is 54.4 Å². The minimum absolute atomic E-state index is 0.0164. The molecule has 32 heavy (non-hydrogen) atoms. The van der Waals surface area contributed by atoms with Crippen LogP contribution in [0.15, 0.2) is 22.7 Å². The number of carbonyl (C=O) groups is 2. The first-order valence-corrected chi connectivity index (χ1v) is 9.92. The van der Waals surface area contributed by atoms with Gasteiger partial charge in [-0.3, -0.25) is 15.1 Å². The molecule has 0 unspecified atom stereocenters. The third-order valence-electron chi connectivity index (χ3n) is 5.04. The Morgan fingerprint density at radius 3 is 2.62 bits per heavy atom. The number of cyclic esters (lactones) is 1. The van der Waals surface area contributed by atoms with Crippen LogP contribution in [-0.2, 0) is 9.57 Å². The first-order valence-electron chi connectivity index (χ1n) is 9.92. The van der Waals surface area contributed by atoms with E-state index in [1.54, 1.807) is 13.0 Å². The number of ether oxygens (including phenoxy) is 1. The summed E-state index contributed by atoms with van der Waals surface area (Å²) in [6, 6.07) is 3.10. The second-order valence-electron chi connectivity index (χ2n) is 7.29. The lowest BCUT2D eigenvalue weighted by atomic mass is 10.2. The molecule has 2 saturated heterocycles. The highest BCUT2D eigenvalue weighted by molar-refractivity contribution is 5.90. The maximum absolute atomic E-state index is 14.9. The maximum Gasteiger partial charge on any atom is 0.414 e. The van der Waals surface area contributed by atoms with Crippen LogP contribution in [0.2, 0.25) is 0 Å². The Labute approximate surface area is 181 Å². The van der Waals surface area contributed by atoms with E-state index in [0.29, 0.717) is 5.76 Å². The molecule has 1 aromatic heterocycles. The summed E-state index contributed by atoms with van der Waals surface area (Å²) in [5.74, 6) is -0.944. The van der Waals surface area contributed by atoms with Crippen molar-refractivity contribution in [2.45, 2.75) is 13.0 Å². The molecule has 2 aromatic rings. The number of amides is 3. The van der Waals surface area contributed by atoms with Crippen LogP contribution < -0.4 is 20.9 Å². The van der Waals surface area contributed by atoms with E-state index in [1.807, 2.05) is 0 Å². The number of aromatic nitrogens is 1. The summed E-state index contributed by atoms with van der Waals surface area (Å²) < 4.78 is 39.7. The number of nitrogens with one attached hydrogen (secondary N) is 1. The third kappa shape index (κ3) is 4.43. The molecule has 0 radical (unpaired) electrons. The number of rotatable bonds is 4. The molecule has 0 bridgehead atoms. The second kappa shape index (κ2) is 8.96. The van der Waals surface area contributed by atoms with E-state index in [0.717, 1.165) is 22.1 Å². The number of hydrogen-bond acceptors (Lipinski definition) is 8. The van der Waals surface area contributed by atoms with Crippen molar-refractivity contribution in [1.29, 1.82) is 0 Å². The fraction of sp³-hybridized carbons (Fsp3) is 0.421. The van der Waals surface area contributed by atoms with Gasteiger partial charge in [-0.25, -0.2) is 23.4 Å². The van der Waals surface area contributed by atoms with Gasteiger partial charge in [0.25, 0.3) is 0 Å². The minimum Gasteiger partial charge on any atom is -0.443 e. The van der Waals surface area contributed by atoms with Crippen LogP contribution in [0.1, 0.15) is 5.76 Å². The molecule has 11 nitrogen and oxygen atoms in total. The topological polar surface area (TPSA) is 126 Å². The van der Waals surface area contributed by atoms with Crippen LogP contribution in [0.3, 0.4) is 0 Å². The molecule has 0 aliphatic carbocycles. The Bertz CT molecular complexity index is 995. The minimum atomic E-state index is -0.847. The number of hydrogen-bond donors (Lipinski definition) is 2. The fourth-order valence-corrected chi connectivity index (χ4v) is 3.50. The Hall–Kier alpha value is -3.45. The van der Waals surface area contributed by atoms with Crippen LogP contribution >= 0.6 is 0 Å². The van der Waals surface area contributed by atoms with E-state index < -0.39 is 29.9 Å². The van der Waals surface area contributed by atoms with E-state index in [2.05, 4.69) is 10.5 Å². The summed E-state index contributed by atoms with van der Waals surface area (Å²) in [5.41, 5.74) is 5.27. The molecule has 3 amide bonds. The summed E-state index contributed by atoms with van der Waals surface area (Å²) in [6.07, 6.45) is -1.24. The molecule has 2 aliphatic heterocycles. The van der Waals surface area contributed by atoms with Gasteiger partial charge in [0.2, 0.25) is 0 Å². The molecule has 3 N–H and O–H groups in total. The lowest BCUT2D eigenvalue weighted by molar-refractivity contribution is -0.100. The Morgan fingerprint density at radius 2 is 2.00 bits per heavy atom. The molecule has 0 spiro atoms. The average molecular weight is 452 g/mol. The monoisotopic (exact) mass is 452 g/mol. The predicted molar refractivity (Wildman–Crippen MR) is 108 cm³/mol. The molecule has 2 fully saturated rings. The molecular formula is C19H22F2N6O5. The average Bonchev–Trinajstić information content (AvgIpc) is 3.24. The molecule has 13 heteroatoms. The van der Waals surface area contributed by atoms with Gasteiger partial charge in [-0.15, -0.1) is 0 Å². The van der Waals surface area contributed by atoms with Gasteiger partial charge in [-0.2, -0.15) is 0 Å². The van der Waals surface area contributed by atoms with Crippen LogP contribution in [0.5, 0.6) is 0 Å². The van der Waals surface area contributed by atoms with Gasteiger partial charge in [0.1, 0.15) is 17.6 Å². The number of nitrogens with zero attached hydrogens (tertiary/aromatic N) is 4. The summed E-state index contributed by atoms with van der Waals surface area (Å²) in [4.78, 5) is 32.3. The number of halogens is 2. The number of anilines is 3. The van der Waals surface area contributed by atoms with Crippen molar-refractivity contribution < 1.29 is 32.5 Å². The molecule has 1 atom stereocenters.